The van der Waals surface area contributed by atoms with Crippen LogP contribution in [0.5, 0.6) is 0 Å². The zero-order chi connectivity index (χ0) is 20.6. The number of nitrogens with zero attached hydrogens (tertiary/aromatic N) is 4. The van der Waals surface area contributed by atoms with Crippen LogP contribution in [0, 0.1) is 0 Å². The Labute approximate surface area is 179 Å². The van der Waals surface area contributed by atoms with E-state index in [1.165, 1.54) is 0 Å². The third-order valence-corrected chi connectivity index (χ3v) is 5.44. The number of thioether (sulfide) groups is 1. The average Bonchev–Trinajstić information content (AvgIpc) is 3.13. The van der Waals surface area contributed by atoms with E-state index in [-0.39, 0.29) is 5.91 Å². The van der Waals surface area contributed by atoms with Gasteiger partial charge in [-0.15, -0.1) is 0 Å². The Morgan fingerprint density at radius 1 is 1.21 bits per heavy atom. The van der Waals surface area contributed by atoms with Crippen molar-refractivity contribution in [3.05, 3.63) is 41.0 Å². The van der Waals surface area contributed by atoms with Crippen LogP contribution in [0.25, 0.3) is 11.0 Å². The van der Waals surface area contributed by atoms with E-state index in [0.29, 0.717) is 23.7 Å². The summed E-state index contributed by atoms with van der Waals surface area (Å²) in [7, 11) is 0. The topological polar surface area (TPSA) is 84.7 Å². The van der Waals surface area contributed by atoms with Crippen molar-refractivity contribution in [3.8, 4) is 0 Å². The molecule has 0 spiro atoms. The van der Waals surface area contributed by atoms with Gasteiger partial charge in [0.15, 0.2) is 10.8 Å². The lowest BCUT2D eigenvalue weighted by molar-refractivity contribution is 0.0952. The molecule has 1 amide bonds. The molecule has 2 heterocycles. The second-order valence-electron chi connectivity index (χ2n) is 6.50. The number of carbonyl (C=O) groups excluding carboxylic acids is 1. The summed E-state index contributed by atoms with van der Waals surface area (Å²) in [6, 6.07) is 6.89. The largest absolute Gasteiger partial charge is 0.369 e. The second-order valence-corrected chi connectivity index (χ2v) is 8.00. The Kier molecular flexibility index (Phi) is 7.71. The Bertz CT molecular complexity index is 977. The van der Waals surface area contributed by atoms with Crippen LogP contribution in [0.2, 0.25) is 5.02 Å². The van der Waals surface area contributed by atoms with Crippen LogP contribution in [-0.4, -0.2) is 44.5 Å². The Morgan fingerprint density at radius 3 is 2.83 bits per heavy atom. The highest BCUT2D eigenvalue weighted by molar-refractivity contribution is 7.99. The number of anilines is 1. The van der Waals surface area contributed by atoms with Crippen LogP contribution >= 0.6 is 23.4 Å². The first-order valence-corrected chi connectivity index (χ1v) is 11.1. The fourth-order valence-electron chi connectivity index (χ4n) is 2.74. The van der Waals surface area contributed by atoms with E-state index in [9.17, 15) is 4.79 Å². The van der Waals surface area contributed by atoms with Crippen molar-refractivity contribution in [2.24, 2.45) is 0 Å². The van der Waals surface area contributed by atoms with Crippen molar-refractivity contribution >= 4 is 46.1 Å². The molecule has 29 heavy (non-hydrogen) atoms. The van der Waals surface area contributed by atoms with Gasteiger partial charge in [0.25, 0.3) is 5.91 Å². The van der Waals surface area contributed by atoms with Crippen LogP contribution in [0.15, 0.2) is 35.6 Å². The zero-order valence-corrected chi connectivity index (χ0v) is 18.2. The lowest BCUT2D eigenvalue weighted by Crippen LogP contribution is -2.27. The Morgan fingerprint density at radius 2 is 2.07 bits per heavy atom. The standard InChI is InChI=1S/C20H25ClN6OS/c1-3-8-22-17-16-13-24-27(18(16)26-20(25-17)29-11-4-2)10-9-23-19(28)14-6-5-7-15(21)12-14/h5-7,12-13H,3-4,8-11H2,1-2H3,(H,23,28)(H,22,25,26). The van der Waals surface area contributed by atoms with Crippen LogP contribution in [0.3, 0.4) is 0 Å². The second kappa shape index (κ2) is 10.5. The summed E-state index contributed by atoms with van der Waals surface area (Å²) in [5, 5.41) is 12.9. The number of nitrogens with one attached hydrogen (secondary N) is 2. The van der Waals surface area contributed by atoms with Crippen molar-refractivity contribution < 1.29 is 4.79 Å². The van der Waals surface area contributed by atoms with Gasteiger partial charge < -0.3 is 10.6 Å². The fourth-order valence-corrected chi connectivity index (χ4v) is 3.63. The number of carbonyl (C=O) groups is 1. The third kappa shape index (κ3) is 5.61. The molecule has 0 aliphatic rings. The maximum atomic E-state index is 12.3. The zero-order valence-electron chi connectivity index (χ0n) is 16.6. The Balaban J connectivity index is 1.73. The number of aromatic nitrogens is 4. The van der Waals surface area contributed by atoms with Crippen molar-refractivity contribution in [1.82, 2.24) is 25.1 Å². The lowest BCUT2D eigenvalue weighted by Gasteiger charge is -2.09. The average molecular weight is 433 g/mol. The van der Waals surface area contributed by atoms with Gasteiger partial charge >= 0.3 is 0 Å². The maximum absolute atomic E-state index is 12.3. The molecule has 0 aliphatic heterocycles. The van der Waals surface area contributed by atoms with Gasteiger partial charge in [0.05, 0.1) is 18.1 Å². The summed E-state index contributed by atoms with van der Waals surface area (Å²) in [6.45, 7) is 6.03. The van der Waals surface area contributed by atoms with Gasteiger partial charge in [-0.1, -0.05) is 43.3 Å². The van der Waals surface area contributed by atoms with Crippen LogP contribution in [-0.2, 0) is 6.54 Å². The SMILES string of the molecule is CCCNc1nc(SCCC)nc2c1cnn2CCNC(=O)c1cccc(Cl)c1. The molecule has 0 atom stereocenters. The highest BCUT2D eigenvalue weighted by Crippen LogP contribution is 2.24. The number of benzene rings is 1. The summed E-state index contributed by atoms with van der Waals surface area (Å²) in [5.41, 5.74) is 1.31. The van der Waals surface area contributed by atoms with Crippen molar-refractivity contribution in [3.63, 3.8) is 0 Å². The molecule has 0 aliphatic carbocycles. The molecule has 9 heteroatoms. The minimum atomic E-state index is -0.164. The number of halogens is 1. The van der Waals surface area contributed by atoms with Gasteiger partial charge in [0, 0.05) is 29.4 Å². The molecular weight excluding hydrogens is 408 g/mol. The quantitative estimate of drug-likeness (QED) is 0.368. The molecule has 0 fully saturated rings. The van der Waals surface area contributed by atoms with Gasteiger partial charge in [-0.05, 0) is 31.0 Å². The number of amides is 1. The van der Waals surface area contributed by atoms with E-state index in [4.69, 9.17) is 16.6 Å². The van der Waals surface area contributed by atoms with E-state index < -0.39 is 0 Å². The van der Waals surface area contributed by atoms with E-state index in [1.54, 1.807) is 42.2 Å². The molecule has 0 radical (unpaired) electrons. The molecule has 0 bridgehead atoms. The lowest BCUT2D eigenvalue weighted by atomic mass is 10.2. The summed E-state index contributed by atoms with van der Waals surface area (Å²) >= 11 is 7.59. The first-order valence-electron chi connectivity index (χ1n) is 9.76. The highest BCUT2D eigenvalue weighted by atomic mass is 35.5. The van der Waals surface area contributed by atoms with E-state index in [0.717, 1.165) is 47.1 Å². The van der Waals surface area contributed by atoms with Crippen molar-refractivity contribution in [2.45, 2.75) is 38.4 Å². The number of hydrogen-bond acceptors (Lipinski definition) is 6. The maximum Gasteiger partial charge on any atom is 0.251 e. The normalized spacial score (nSPS) is 11.0. The Hall–Kier alpha value is -2.32. The molecule has 1 aromatic carbocycles. The number of fused-ring (bicyclic) bond motifs is 1. The van der Waals surface area contributed by atoms with Gasteiger partial charge in [-0.2, -0.15) is 5.10 Å². The first-order chi connectivity index (χ1) is 14.1. The molecule has 3 aromatic rings. The summed E-state index contributed by atoms with van der Waals surface area (Å²) in [4.78, 5) is 21.6. The smallest absolute Gasteiger partial charge is 0.251 e. The van der Waals surface area contributed by atoms with E-state index in [2.05, 4.69) is 34.6 Å². The summed E-state index contributed by atoms with van der Waals surface area (Å²) in [5.74, 6) is 1.61. The van der Waals surface area contributed by atoms with Gasteiger partial charge in [0.1, 0.15) is 5.82 Å². The van der Waals surface area contributed by atoms with Gasteiger partial charge in [0.2, 0.25) is 0 Å². The minimum Gasteiger partial charge on any atom is -0.369 e. The summed E-state index contributed by atoms with van der Waals surface area (Å²) in [6.07, 6.45) is 3.84. The van der Waals surface area contributed by atoms with Crippen LogP contribution < -0.4 is 10.6 Å². The number of hydrogen-bond donors (Lipinski definition) is 2. The molecule has 2 N–H and O–H groups in total. The van der Waals surface area contributed by atoms with Gasteiger partial charge in [-0.25, -0.2) is 14.6 Å². The van der Waals surface area contributed by atoms with Crippen LogP contribution in [0.4, 0.5) is 5.82 Å². The molecule has 154 valence electrons. The minimum absolute atomic E-state index is 0.164. The van der Waals surface area contributed by atoms with Crippen molar-refractivity contribution in [2.75, 3.05) is 24.2 Å². The van der Waals surface area contributed by atoms with Crippen molar-refractivity contribution in [1.29, 1.82) is 0 Å². The monoisotopic (exact) mass is 432 g/mol. The molecule has 7 nitrogen and oxygen atoms in total. The summed E-state index contributed by atoms with van der Waals surface area (Å²) < 4.78 is 1.81. The molecule has 0 saturated heterocycles. The predicted octanol–water partition coefficient (Wildman–Crippen LogP) is 4.23. The third-order valence-electron chi connectivity index (χ3n) is 4.15. The molecule has 0 unspecified atom stereocenters. The fraction of sp³-hybridized carbons (Fsp3) is 0.400. The molecule has 0 saturated carbocycles. The number of rotatable bonds is 10. The molecule has 3 rings (SSSR count). The highest BCUT2D eigenvalue weighted by Gasteiger charge is 2.13. The van der Waals surface area contributed by atoms with Gasteiger partial charge in [-0.3, -0.25) is 4.79 Å². The first kappa shape index (κ1) is 21.4. The van der Waals surface area contributed by atoms with E-state index in [1.807, 2.05) is 4.68 Å². The van der Waals surface area contributed by atoms with E-state index >= 15 is 0 Å². The van der Waals surface area contributed by atoms with Crippen LogP contribution in [0.1, 0.15) is 37.0 Å². The molecular formula is C20H25ClN6OS. The molecule has 2 aromatic heterocycles. The predicted molar refractivity (Wildman–Crippen MR) is 119 cm³/mol.